The zero-order chi connectivity index (χ0) is 15.0. The Morgan fingerprint density at radius 3 is 2.80 bits per heavy atom. The molecule has 0 unspecified atom stereocenters. The lowest BCUT2D eigenvalue weighted by Gasteiger charge is -2.16. The topological polar surface area (TPSA) is 74.7 Å². The third kappa shape index (κ3) is 5.54. The van der Waals surface area contributed by atoms with Crippen molar-refractivity contribution in [3.8, 4) is 0 Å². The normalized spacial score (nSPS) is 10.8. The van der Waals surface area contributed by atoms with Crippen LogP contribution in [0.15, 0.2) is 12.1 Å². The number of hydrogen-bond donors (Lipinski definition) is 2. The summed E-state index contributed by atoms with van der Waals surface area (Å²) < 4.78 is 5.01. The zero-order valence-electron chi connectivity index (χ0n) is 12.3. The van der Waals surface area contributed by atoms with Crippen LogP contribution in [-0.4, -0.2) is 61.4 Å². The SMILES string of the molecule is CCc1cc(C(=O)O)cc(NCCN(C)CCOC)n1. The highest BCUT2D eigenvalue weighted by Gasteiger charge is 2.07. The largest absolute Gasteiger partial charge is 0.478 e. The predicted octanol–water partition coefficient (Wildman–Crippen LogP) is 1.33. The predicted molar refractivity (Wildman–Crippen MR) is 78.4 cm³/mol. The molecule has 0 radical (unpaired) electrons. The number of methoxy groups -OCH3 is 1. The van der Waals surface area contributed by atoms with E-state index < -0.39 is 5.97 Å². The van der Waals surface area contributed by atoms with E-state index in [2.05, 4.69) is 15.2 Å². The van der Waals surface area contributed by atoms with Crippen LogP contribution in [0.25, 0.3) is 0 Å². The van der Waals surface area contributed by atoms with Crippen molar-refractivity contribution < 1.29 is 14.6 Å². The van der Waals surface area contributed by atoms with Crippen molar-refractivity contribution in [2.75, 3.05) is 45.7 Å². The lowest BCUT2D eigenvalue weighted by atomic mass is 10.2. The summed E-state index contributed by atoms with van der Waals surface area (Å²) in [6, 6.07) is 3.18. The summed E-state index contributed by atoms with van der Waals surface area (Å²) in [7, 11) is 3.69. The third-order valence-electron chi connectivity index (χ3n) is 2.96. The van der Waals surface area contributed by atoms with E-state index in [1.165, 1.54) is 0 Å². The van der Waals surface area contributed by atoms with Gasteiger partial charge in [-0.05, 0) is 25.6 Å². The average molecular weight is 281 g/mol. The van der Waals surface area contributed by atoms with Gasteiger partial charge < -0.3 is 20.1 Å². The summed E-state index contributed by atoms with van der Waals surface area (Å²) in [5.41, 5.74) is 1.05. The molecule has 0 aliphatic heterocycles. The Balaban J connectivity index is 2.54. The first-order valence-corrected chi connectivity index (χ1v) is 6.72. The van der Waals surface area contributed by atoms with Gasteiger partial charge in [0, 0.05) is 32.4 Å². The lowest BCUT2D eigenvalue weighted by Crippen LogP contribution is -2.28. The Hall–Kier alpha value is -1.66. The van der Waals surface area contributed by atoms with Gasteiger partial charge in [0.1, 0.15) is 5.82 Å². The van der Waals surface area contributed by atoms with Crippen LogP contribution in [0.3, 0.4) is 0 Å². The van der Waals surface area contributed by atoms with Crippen LogP contribution < -0.4 is 5.32 Å². The lowest BCUT2D eigenvalue weighted by molar-refractivity contribution is 0.0696. The summed E-state index contributed by atoms with van der Waals surface area (Å²) in [6.45, 7) is 5.06. The molecule has 1 aromatic heterocycles. The van der Waals surface area contributed by atoms with Crippen LogP contribution in [0.1, 0.15) is 23.0 Å². The van der Waals surface area contributed by atoms with E-state index in [1.54, 1.807) is 19.2 Å². The molecule has 0 saturated heterocycles. The van der Waals surface area contributed by atoms with Crippen molar-refractivity contribution in [3.05, 3.63) is 23.4 Å². The first kappa shape index (κ1) is 16.4. The van der Waals surface area contributed by atoms with Crippen LogP contribution in [0, 0.1) is 0 Å². The molecule has 112 valence electrons. The van der Waals surface area contributed by atoms with Crippen molar-refractivity contribution >= 4 is 11.8 Å². The van der Waals surface area contributed by atoms with E-state index in [-0.39, 0.29) is 5.56 Å². The number of ether oxygens (including phenoxy) is 1. The molecule has 1 aromatic rings. The minimum Gasteiger partial charge on any atom is -0.478 e. The van der Waals surface area contributed by atoms with E-state index in [4.69, 9.17) is 9.84 Å². The number of aromatic carboxylic acids is 1. The molecule has 1 rings (SSSR count). The summed E-state index contributed by atoms with van der Waals surface area (Å²) in [5, 5.41) is 12.2. The summed E-state index contributed by atoms with van der Waals surface area (Å²) in [4.78, 5) is 17.6. The standard InChI is InChI=1S/C14H23N3O3/c1-4-12-9-11(14(18)19)10-13(16-12)15-5-6-17(2)7-8-20-3/h9-10H,4-8H2,1-3H3,(H,15,16)(H,18,19). The van der Waals surface area contributed by atoms with Crippen molar-refractivity contribution in [1.29, 1.82) is 0 Å². The number of nitrogens with one attached hydrogen (secondary N) is 1. The molecule has 0 saturated carbocycles. The molecule has 0 spiro atoms. The van der Waals surface area contributed by atoms with Gasteiger partial charge in [0.15, 0.2) is 0 Å². The van der Waals surface area contributed by atoms with Crippen molar-refractivity contribution in [3.63, 3.8) is 0 Å². The highest BCUT2D eigenvalue weighted by molar-refractivity contribution is 5.88. The molecule has 0 atom stereocenters. The molecule has 2 N–H and O–H groups in total. The number of nitrogens with zero attached hydrogens (tertiary/aromatic N) is 2. The Labute approximate surface area is 119 Å². The van der Waals surface area contributed by atoms with Gasteiger partial charge in [-0.15, -0.1) is 0 Å². The van der Waals surface area contributed by atoms with Gasteiger partial charge >= 0.3 is 5.97 Å². The molecule has 0 aliphatic carbocycles. The number of carboxylic acid groups (broad SMARTS) is 1. The number of aryl methyl sites for hydroxylation is 1. The maximum absolute atomic E-state index is 11.0. The van der Waals surface area contributed by atoms with Gasteiger partial charge in [0.05, 0.1) is 12.2 Å². The van der Waals surface area contributed by atoms with Crippen LogP contribution in [0.2, 0.25) is 0 Å². The second-order valence-electron chi connectivity index (χ2n) is 4.61. The van der Waals surface area contributed by atoms with Gasteiger partial charge in [-0.2, -0.15) is 0 Å². The first-order valence-electron chi connectivity index (χ1n) is 6.72. The average Bonchev–Trinajstić information content (AvgIpc) is 2.44. The molecule has 0 fully saturated rings. The number of aromatic nitrogens is 1. The second-order valence-corrected chi connectivity index (χ2v) is 4.61. The van der Waals surface area contributed by atoms with Gasteiger partial charge in [0.2, 0.25) is 0 Å². The van der Waals surface area contributed by atoms with Gasteiger partial charge in [-0.3, -0.25) is 0 Å². The van der Waals surface area contributed by atoms with E-state index in [9.17, 15) is 4.79 Å². The fourth-order valence-corrected chi connectivity index (χ4v) is 1.72. The number of rotatable bonds is 9. The maximum atomic E-state index is 11.0. The monoisotopic (exact) mass is 281 g/mol. The smallest absolute Gasteiger partial charge is 0.335 e. The van der Waals surface area contributed by atoms with Crippen LogP contribution in [0.4, 0.5) is 5.82 Å². The summed E-state index contributed by atoms with van der Waals surface area (Å²) in [5.74, 6) is -0.316. The second kappa shape index (κ2) is 8.50. The minimum absolute atomic E-state index is 0.270. The van der Waals surface area contributed by atoms with Crippen molar-refractivity contribution in [2.45, 2.75) is 13.3 Å². The first-order chi connectivity index (χ1) is 9.56. The Kier molecular flexibility index (Phi) is 6.97. The number of pyridine rings is 1. The quantitative estimate of drug-likeness (QED) is 0.711. The number of anilines is 1. The molecule has 6 heteroatoms. The molecule has 0 amide bonds. The van der Waals surface area contributed by atoms with Gasteiger partial charge in [-0.25, -0.2) is 9.78 Å². The maximum Gasteiger partial charge on any atom is 0.335 e. The number of hydrogen-bond acceptors (Lipinski definition) is 5. The Morgan fingerprint density at radius 2 is 2.20 bits per heavy atom. The van der Waals surface area contributed by atoms with Gasteiger partial charge in [-0.1, -0.05) is 6.92 Å². The van der Waals surface area contributed by atoms with Crippen LogP contribution in [-0.2, 0) is 11.2 Å². The molecular weight excluding hydrogens is 258 g/mol. The molecule has 20 heavy (non-hydrogen) atoms. The highest BCUT2D eigenvalue weighted by Crippen LogP contribution is 2.11. The minimum atomic E-state index is -0.928. The fourth-order valence-electron chi connectivity index (χ4n) is 1.72. The number of likely N-dealkylation sites (N-methyl/N-ethyl adjacent to an activating group) is 1. The van der Waals surface area contributed by atoms with E-state index >= 15 is 0 Å². The Morgan fingerprint density at radius 1 is 1.45 bits per heavy atom. The van der Waals surface area contributed by atoms with Crippen molar-refractivity contribution in [2.24, 2.45) is 0 Å². The van der Waals surface area contributed by atoms with Gasteiger partial charge in [0.25, 0.3) is 0 Å². The van der Waals surface area contributed by atoms with Crippen LogP contribution in [0.5, 0.6) is 0 Å². The molecule has 6 nitrogen and oxygen atoms in total. The molecule has 0 bridgehead atoms. The molecule has 0 aromatic carbocycles. The Bertz CT molecular complexity index is 438. The fraction of sp³-hybridized carbons (Fsp3) is 0.571. The summed E-state index contributed by atoms with van der Waals surface area (Å²) in [6.07, 6.45) is 0.712. The number of carboxylic acids is 1. The van der Waals surface area contributed by atoms with E-state index in [0.717, 1.165) is 18.8 Å². The molecule has 0 aliphatic rings. The summed E-state index contributed by atoms with van der Waals surface area (Å²) >= 11 is 0. The zero-order valence-corrected chi connectivity index (χ0v) is 12.3. The van der Waals surface area contributed by atoms with E-state index in [0.29, 0.717) is 25.4 Å². The van der Waals surface area contributed by atoms with E-state index in [1.807, 2.05) is 14.0 Å². The number of carbonyl (C=O) groups is 1. The third-order valence-corrected chi connectivity index (χ3v) is 2.96. The van der Waals surface area contributed by atoms with Crippen molar-refractivity contribution in [1.82, 2.24) is 9.88 Å². The van der Waals surface area contributed by atoms with Crippen LogP contribution >= 0.6 is 0 Å². The molecular formula is C14H23N3O3. The highest BCUT2D eigenvalue weighted by atomic mass is 16.5. The molecule has 1 heterocycles.